The number of nitrogens with zero attached hydrogens (tertiary/aromatic N) is 5. The van der Waals surface area contributed by atoms with Crippen molar-refractivity contribution in [2.24, 2.45) is 0 Å². The summed E-state index contributed by atoms with van der Waals surface area (Å²) in [4.78, 5) is 21.6. The number of hydrogen-bond donors (Lipinski definition) is 0. The van der Waals surface area contributed by atoms with Crippen LogP contribution in [-0.2, 0) is 12.1 Å². The first-order valence-electron chi connectivity index (χ1n) is 7.23. The first-order chi connectivity index (χ1) is 10.4. The van der Waals surface area contributed by atoms with E-state index in [1.807, 2.05) is 52.0 Å². The van der Waals surface area contributed by atoms with Gasteiger partial charge in [-0.2, -0.15) is 5.10 Å². The zero-order valence-corrected chi connectivity index (χ0v) is 13.2. The fraction of sp³-hybridized carbons (Fsp3) is 0.375. The second-order valence-corrected chi connectivity index (χ2v) is 6.37. The Hall–Kier alpha value is -2.50. The summed E-state index contributed by atoms with van der Waals surface area (Å²) in [6, 6.07) is 7.73. The molecule has 0 aliphatic heterocycles. The summed E-state index contributed by atoms with van der Waals surface area (Å²) in [5.74, 6) is 0. The third-order valence-electron chi connectivity index (χ3n) is 3.53. The molecule has 0 fully saturated rings. The zero-order chi connectivity index (χ0) is 15.9. The van der Waals surface area contributed by atoms with Crippen LogP contribution in [0, 0.1) is 6.92 Å². The molecule has 0 saturated heterocycles. The van der Waals surface area contributed by atoms with E-state index in [-0.39, 0.29) is 11.2 Å². The van der Waals surface area contributed by atoms with E-state index in [4.69, 9.17) is 0 Å². The molecule has 0 radical (unpaired) electrons. The van der Waals surface area contributed by atoms with Crippen LogP contribution in [0.2, 0.25) is 0 Å². The molecule has 1 aromatic carbocycles. The summed E-state index contributed by atoms with van der Waals surface area (Å²) >= 11 is 0. The quantitative estimate of drug-likeness (QED) is 0.726. The zero-order valence-electron chi connectivity index (χ0n) is 13.2. The topological polar surface area (TPSA) is 65.6 Å². The van der Waals surface area contributed by atoms with Crippen molar-refractivity contribution < 1.29 is 0 Å². The van der Waals surface area contributed by atoms with Gasteiger partial charge in [0.2, 0.25) is 0 Å². The molecule has 2 aromatic heterocycles. The summed E-state index contributed by atoms with van der Waals surface area (Å²) in [5.41, 5.74) is 2.83. The largest absolute Gasteiger partial charge is 0.346 e. The van der Waals surface area contributed by atoms with E-state index >= 15 is 0 Å². The maximum atomic E-state index is 12.4. The Labute approximate surface area is 128 Å². The molecule has 0 saturated carbocycles. The molecular weight excluding hydrogens is 278 g/mol. The molecule has 3 aromatic rings. The van der Waals surface area contributed by atoms with Crippen molar-refractivity contribution in [3.8, 4) is 0 Å². The molecule has 0 N–H and O–H groups in total. The average Bonchev–Trinajstić information content (AvgIpc) is 2.81. The average molecular weight is 297 g/mol. The van der Waals surface area contributed by atoms with E-state index in [1.165, 1.54) is 4.68 Å². The SMILES string of the molecule is Cc1nc2ccccc2nc1Cn1cnn(C(C)(C)C)c1=O. The van der Waals surface area contributed by atoms with E-state index < -0.39 is 0 Å². The van der Waals surface area contributed by atoms with Crippen molar-refractivity contribution in [2.75, 3.05) is 0 Å². The van der Waals surface area contributed by atoms with Crippen molar-refractivity contribution in [2.45, 2.75) is 39.8 Å². The molecule has 0 unspecified atom stereocenters. The number of hydrogen-bond acceptors (Lipinski definition) is 4. The second kappa shape index (κ2) is 5.05. The molecule has 0 amide bonds. The highest BCUT2D eigenvalue weighted by Gasteiger charge is 2.19. The molecule has 6 nitrogen and oxygen atoms in total. The Morgan fingerprint density at radius 3 is 2.32 bits per heavy atom. The molecule has 6 heteroatoms. The third kappa shape index (κ3) is 2.52. The monoisotopic (exact) mass is 297 g/mol. The maximum Gasteiger partial charge on any atom is 0.346 e. The lowest BCUT2D eigenvalue weighted by Crippen LogP contribution is -2.36. The van der Waals surface area contributed by atoms with E-state index in [9.17, 15) is 4.79 Å². The van der Waals surface area contributed by atoms with Gasteiger partial charge in [0.25, 0.3) is 0 Å². The third-order valence-corrected chi connectivity index (χ3v) is 3.53. The molecule has 22 heavy (non-hydrogen) atoms. The van der Waals surface area contributed by atoms with Crippen LogP contribution in [0.3, 0.4) is 0 Å². The van der Waals surface area contributed by atoms with Gasteiger partial charge in [-0.05, 0) is 39.8 Å². The van der Waals surface area contributed by atoms with Crippen LogP contribution in [0.5, 0.6) is 0 Å². The van der Waals surface area contributed by atoms with Gasteiger partial charge in [-0.3, -0.25) is 4.57 Å². The van der Waals surface area contributed by atoms with Crippen LogP contribution in [-0.4, -0.2) is 24.3 Å². The Morgan fingerprint density at radius 1 is 1.09 bits per heavy atom. The minimum Gasteiger partial charge on any atom is -0.275 e. The van der Waals surface area contributed by atoms with Crippen LogP contribution in [0.1, 0.15) is 32.2 Å². The van der Waals surface area contributed by atoms with Gasteiger partial charge in [0.15, 0.2) is 0 Å². The number of rotatable bonds is 2. The van der Waals surface area contributed by atoms with Crippen molar-refractivity contribution in [1.29, 1.82) is 0 Å². The van der Waals surface area contributed by atoms with Crippen LogP contribution >= 0.6 is 0 Å². The predicted molar refractivity (Wildman–Crippen MR) is 84.9 cm³/mol. The van der Waals surface area contributed by atoms with Gasteiger partial charge >= 0.3 is 5.69 Å². The van der Waals surface area contributed by atoms with Gasteiger partial charge in [0.05, 0.1) is 34.5 Å². The molecule has 114 valence electrons. The highest BCUT2D eigenvalue weighted by molar-refractivity contribution is 5.74. The van der Waals surface area contributed by atoms with Crippen molar-refractivity contribution >= 4 is 11.0 Å². The first-order valence-corrected chi connectivity index (χ1v) is 7.23. The van der Waals surface area contributed by atoms with Crippen molar-refractivity contribution in [3.63, 3.8) is 0 Å². The fourth-order valence-electron chi connectivity index (χ4n) is 2.34. The Kier molecular flexibility index (Phi) is 3.31. The molecule has 2 heterocycles. The van der Waals surface area contributed by atoms with Gasteiger partial charge in [0.1, 0.15) is 6.33 Å². The minimum absolute atomic E-state index is 0.137. The molecule has 0 spiro atoms. The minimum atomic E-state index is -0.341. The number of aryl methyl sites for hydroxylation is 1. The highest BCUT2D eigenvalue weighted by atomic mass is 16.2. The van der Waals surface area contributed by atoms with Crippen molar-refractivity contribution in [3.05, 3.63) is 52.5 Å². The van der Waals surface area contributed by atoms with Crippen molar-refractivity contribution in [1.82, 2.24) is 24.3 Å². The summed E-state index contributed by atoms with van der Waals surface area (Å²) < 4.78 is 3.05. The number of aromatic nitrogens is 5. The standard InChI is InChI=1S/C16H19N5O/c1-11-14(19-13-8-6-5-7-12(13)18-11)9-20-10-17-21(15(20)22)16(2,3)4/h5-8,10H,9H2,1-4H3. The first kappa shape index (κ1) is 14.4. The van der Waals surface area contributed by atoms with Gasteiger partial charge in [-0.1, -0.05) is 12.1 Å². The summed E-state index contributed by atoms with van der Waals surface area (Å²) in [5, 5.41) is 4.19. The van der Waals surface area contributed by atoms with Gasteiger partial charge < -0.3 is 0 Å². The lowest BCUT2D eigenvalue weighted by molar-refractivity contribution is 0.340. The normalized spacial score (nSPS) is 12.0. The molecule has 0 aliphatic carbocycles. The molecule has 0 bridgehead atoms. The fourth-order valence-corrected chi connectivity index (χ4v) is 2.34. The highest BCUT2D eigenvalue weighted by Crippen LogP contribution is 2.13. The predicted octanol–water partition coefficient (Wildman–Crippen LogP) is 2.10. The number of fused-ring (bicyclic) bond motifs is 1. The lowest BCUT2D eigenvalue weighted by Gasteiger charge is -2.16. The van der Waals surface area contributed by atoms with E-state index in [2.05, 4.69) is 15.1 Å². The Balaban J connectivity index is 2.02. The van der Waals surface area contributed by atoms with Gasteiger partial charge in [0, 0.05) is 0 Å². The maximum absolute atomic E-state index is 12.4. The molecule has 0 aliphatic rings. The van der Waals surface area contributed by atoms with Crippen LogP contribution < -0.4 is 5.69 Å². The molecule has 3 rings (SSSR count). The van der Waals surface area contributed by atoms with E-state index in [0.29, 0.717) is 6.54 Å². The van der Waals surface area contributed by atoms with Crippen LogP contribution in [0.4, 0.5) is 0 Å². The second-order valence-electron chi connectivity index (χ2n) is 6.37. The molecular formula is C16H19N5O. The Bertz CT molecular complexity index is 885. The smallest absolute Gasteiger partial charge is 0.275 e. The van der Waals surface area contributed by atoms with E-state index in [0.717, 1.165) is 22.4 Å². The van der Waals surface area contributed by atoms with Gasteiger partial charge in [-0.25, -0.2) is 19.4 Å². The summed E-state index contributed by atoms with van der Waals surface area (Å²) in [7, 11) is 0. The van der Waals surface area contributed by atoms with Crippen LogP contribution in [0.15, 0.2) is 35.4 Å². The van der Waals surface area contributed by atoms with E-state index in [1.54, 1.807) is 10.9 Å². The number of benzene rings is 1. The summed E-state index contributed by atoms with van der Waals surface area (Å²) in [6.45, 7) is 8.14. The van der Waals surface area contributed by atoms with Gasteiger partial charge in [-0.15, -0.1) is 0 Å². The summed E-state index contributed by atoms with van der Waals surface area (Å²) in [6.07, 6.45) is 1.56. The Morgan fingerprint density at radius 2 is 1.73 bits per heavy atom. The molecule has 0 atom stereocenters. The van der Waals surface area contributed by atoms with Crippen LogP contribution in [0.25, 0.3) is 11.0 Å². The number of para-hydroxylation sites is 2. The lowest BCUT2D eigenvalue weighted by atomic mass is 10.1.